The van der Waals surface area contributed by atoms with E-state index in [2.05, 4.69) is 36.1 Å². The summed E-state index contributed by atoms with van der Waals surface area (Å²) < 4.78 is 0. The Labute approximate surface area is 114 Å². The molecule has 1 aliphatic rings. The minimum absolute atomic E-state index is 0.941. The van der Waals surface area contributed by atoms with Crippen molar-refractivity contribution in [1.29, 1.82) is 0 Å². The van der Waals surface area contributed by atoms with E-state index < -0.39 is 0 Å². The Hall–Kier alpha value is -0.120. The van der Waals surface area contributed by atoms with Gasteiger partial charge in [0.05, 0.1) is 0 Å². The zero-order chi connectivity index (χ0) is 13.2. The Morgan fingerprint density at radius 1 is 1.11 bits per heavy atom. The molecule has 1 heterocycles. The van der Waals surface area contributed by atoms with Gasteiger partial charge < -0.3 is 15.1 Å². The predicted octanol–water partition coefficient (Wildman–Crippen LogP) is 2.04. The molecule has 1 fully saturated rings. The van der Waals surface area contributed by atoms with Crippen LogP contribution < -0.4 is 5.32 Å². The van der Waals surface area contributed by atoms with Crippen LogP contribution in [0.15, 0.2) is 0 Å². The standard InChI is InChI=1S/C15H33N3/c1-4-10-18(13-12-17(2)3)11-6-8-15-7-5-9-16-14-15/h15-16H,4-14H2,1-3H3. The van der Waals surface area contributed by atoms with Gasteiger partial charge in [0.2, 0.25) is 0 Å². The minimum Gasteiger partial charge on any atom is -0.316 e. The van der Waals surface area contributed by atoms with Gasteiger partial charge >= 0.3 is 0 Å². The zero-order valence-electron chi connectivity index (χ0n) is 12.7. The number of piperidine rings is 1. The van der Waals surface area contributed by atoms with Gasteiger partial charge in [-0.2, -0.15) is 0 Å². The normalized spacial score (nSPS) is 20.8. The molecule has 1 aliphatic heterocycles. The second-order valence-corrected chi connectivity index (χ2v) is 6.00. The van der Waals surface area contributed by atoms with Crippen LogP contribution in [0.5, 0.6) is 0 Å². The average Bonchev–Trinajstić information content (AvgIpc) is 2.37. The van der Waals surface area contributed by atoms with E-state index in [1.54, 1.807) is 0 Å². The quantitative estimate of drug-likeness (QED) is 0.680. The van der Waals surface area contributed by atoms with Crippen LogP contribution in [0.2, 0.25) is 0 Å². The van der Waals surface area contributed by atoms with Gasteiger partial charge in [0, 0.05) is 13.1 Å². The second kappa shape index (κ2) is 9.76. The number of nitrogens with zero attached hydrogens (tertiary/aromatic N) is 2. The molecule has 0 bridgehead atoms. The smallest absolute Gasteiger partial charge is 0.0109 e. The maximum absolute atomic E-state index is 3.52. The summed E-state index contributed by atoms with van der Waals surface area (Å²) in [5, 5.41) is 3.52. The van der Waals surface area contributed by atoms with Crippen molar-refractivity contribution >= 4 is 0 Å². The first-order valence-electron chi connectivity index (χ1n) is 7.80. The lowest BCUT2D eigenvalue weighted by Gasteiger charge is -2.26. The largest absolute Gasteiger partial charge is 0.316 e. The van der Waals surface area contributed by atoms with Crippen LogP contribution >= 0.6 is 0 Å². The Morgan fingerprint density at radius 2 is 1.94 bits per heavy atom. The molecule has 108 valence electrons. The first kappa shape index (κ1) is 15.9. The first-order chi connectivity index (χ1) is 8.72. The van der Waals surface area contributed by atoms with Crippen molar-refractivity contribution in [2.45, 2.75) is 39.0 Å². The fraction of sp³-hybridized carbons (Fsp3) is 1.00. The summed E-state index contributed by atoms with van der Waals surface area (Å²) >= 11 is 0. The molecule has 0 saturated carbocycles. The van der Waals surface area contributed by atoms with Crippen molar-refractivity contribution in [2.24, 2.45) is 5.92 Å². The van der Waals surface area contributed by atoms with E-state index in [9.17, 15) is 0 Å². The maximum Gasteiger partial charge on any atom is 0.0109 e. The molecule has 0 aromatic carbocycles. The summed E-state index contributed by atoms with van der Waals surface area (Å²) in [5.74, 6) is 0.941. The van der Waals surface area contributed by atoms with Crippen molar-refractivity contribution in [3.63, 3.8) is 0 Å². The number of rotatable bonds is 9. The van der Waals surface area contributed by atoms with Crippen LogP contribution in [0.1, 0.15) is 39.0 Å². The van der Waals surface area contributed by atoms with Crippen molar-refractivity contribution in [1.82, 2.24) is 15.1 Å². The Morgan fingerprint density at radius 3 is 2.56 bits per heavy atom. The highest BCUT2D eigenvalue weighted by molar-refractivity contribution is 4.70. The van der Waals surface area contributed by atoms with Crippen LogP contribution in [0.4, 0.5) is 0 Å². The molecule has 3 heteroatoms. The molecular formula is C15H33N3. The molecule has 1 unspecified atom stereocenters. The van der Waals surface area contributed by atoms with Crippen molar-refractivity contribution in [3.05, 3.63) is 0 Å². The van der Waals surface area contributed by atoms with E-state index in [-0.39, 0.29) is 0 Å². The van der Waals surface area contributed by atoms with E-state index in [1.807, 2.05) is 0 Å². The van der Waals surface area contributed by atoms with Gasteiger partial charge in [0.15, 0.2) is 0 Å². The summed E-state index contributed by atoms with van der Waals surface area (Å²) in [4.78, 5) is 4.92. The molecule has 0 aromatic heterocycles. The van der Waals surface area contributed by atoms with Crippen molar-refractivity contribution in [2.75, 3.05) is 53.4 Å². The van der Waals surface area contributed by atoms with Crippen LogP contribution in [-0.2, 0) is 0 Å². The molecule has 1 rings (SSSR count). The van der Waals surface area contributed by atoms with Gasteiger partial charge in [-0.3, -0.25) is 0 Å². The molecule has 1 atom stereocenters. The molecule has 0 aromatic rings. The summed E-state index contributed by atoms with van der Waals surface area (Å²) in [7, 11) is 4.33. The second-order valence-electron chi connectivity index (χ2n) is 6.00. The summed E-state index contributed by atoms with van der Waals surface area (Å²) in [5.41, 5.74) is 0. The SMILES string of the molecule is CCCN(CCCC1CCCNC1)CCN(C)C. The third-order valence-corrected chi connectivity index (χ3v) is 3.89. The van der Waals surface area contributed by atoms with Crippen molar-refractivity contribution < 1.29 is 0 Å². The predicted molar refractivity (Wildman–Crippen MR) is 80.1 cm³/mol. The maximum atomic E-state index is 3.52. The molecule has 0 spiro atoms. The molecule has 1 N–H and O–H groups in total. The van der Waals surface area contributed by atoms with Crippen molar-refractivity contribution in [3.8, 4) is 0 Å². The topological polar surface area (TPSA) is 18.5 Å². The molecule has 1 saturated heterocycles. The van der Waals surface area contributed by atoms with E-state index in [1.165, 1.54) is 71.4 Å². The van der Waals surface area contributed by atoms with E-state index in [0.717, 1.165) is 5.92 Å². The Kier molecular flexibility index (Phi) is 8.64. The van der Waals surface area contributed by atoms with Crippen LogP contribution in [0.25, 0.3) is 0 Å². The fourth-order valence-electron chi connectivity index (χ4n) is 2.77. The third-order valence-electron chi connectivity index (χ3n) is 3.89. The molecule has 0 aliphatic carbocycles. The summed E-state index contributed by atoms with van der Waals surface area (Å²) in [6.07, 6.45) is 6.88. The number of hydrogen-bond acceptors (Lipinski definition) is 3. The third kappa shape index (κ3) is 7.34. The van der Waals surface area contributed by atoms with Gasteiger partial charge in [0.1, 0.15) is 0 Å². The monoisotopic (exact) mass is 255 g/mol. The van der Waals surface area contributed by atoms with Crippen LogP contribution in [0, 0.1) is 5.92 Å². The Balaban J connectivity index is 2.11. The number of likely N-dealkylation sites (N-methyl/N-ethyl adjacent to an activating group) is 1. The number of nitrogens with one attached hydrogen (secondary N) is 1. The lowest BCUT2D eigenvalue weighted by molar-refractivity contribution is 0.228. The minimum atomic E-state index is 0.941. The molecule has 18 heavy (non-hydrogen) atoms. The van der Waals surface area contributed by atoms with E-state index in [0.29, 0.717) is 0 Å². The van der Waals surface area contributed by atoms with Gasteiger partial charge in [-0.05, 0) is 78.3 Å². The van der Waals surface area contributed by atoms with E-state index in [4.69, 9.17) is 0 Å². The lowest BCUT2D eigenvalue weighted by atomic mass is 9.94. The number of hydrogen-bond donors (Lipinski definition) is 1. The molecule has 0 amide bonds. The summed E-state index contributed by atoms with van der Waals surface area (Å²) in [6, 6.07) is 0. The highest BCUT2D eigenvalue weighted by Crippen LogP contribution is 2.16. The van der Waals surface area contributed by atoms with Gasteiger partial charge in [0.25, 0.3) is 0 Å². The summed E-state index contributed by atoms with van der Waals surface area (Å²) in [6.45, 7) is 9.74. The zero-order valence-corrected chi connectivity index (χ0v) is 12.7. The lowest BCUT2D eigenvalue weighted by Crippen LogP contribution is -2.34. The van der Waals surface area contributed by atoms with Gasteiger partial charge in [-0.25, -0.2) is 0 Å². The van der Waals surface area contributed by atoms with Crippen LogP contribution in [-0.4, -0.2) is 63.2 Å². The molecular weight excluding hydrogens is 222 g/mol. The van der Waals surface area contributed by atoms with Gasteiger partial charge in [-0.1, -0.05) is 6.92 Å². The molecule has 3 nitrogen and oxygen atoms in total. The average molecular weight is 255 g/mol. The molecule has 0 radical (unpaired) electrons. The van der Waals surface area contributed by atoms with E-state index >= 15 is 0 Å². The van der Waals surface area contributed by atoms with Crippen LogP contribution in [0.3, 0.4) is 0 Å². The highest BCUT2D eigenvalue weighted by atomic mass is 15.2. The Bertz CT molecular complexity index is 188. The first-order valence-corrected chi connectivity index (χ1v) is 7.80. The fourth-order valence-corrected chi connectivity index (χ4v) is 2.77. The van der Waals surface area contributed by atoms with Gasteiger partial charge in [-0.15, -0.1) is 0 Å². The highest BCUT2D eigenvalue weighted by Gasteiger charge is 2.13.